The van der Waals surface area contributed by atoms with Crippen molar-refractivity contribution >= 4 is 0 Å². The molecular formula is C43H81N5. The van der Waals surface area contributed by atoms with Gasteiger partial charge in [0.1, 0.15) is 0 Å². The van der Waals surface area contributed by atoms with Gasteiger partial charge >= 0.3 is 0 Å². The van der Waals surface area contributed by atoms with Crippen molar-refractivity contribution in [2.75, 3.05) is 26.7 Å². The molecule has 3 unspecified atom stereocenters. The Balaban J connectivity index is 6.70. The summed E-state index contributed by atoms with van der Waals surface area (Å²) in [5.74, 6) is 0.569. The van der Waals surface area contributed by atoms with E-state index in [1.165, 1.54) is 0 Å². The third-order valence-electron chi connectivity index (χ3n) is 11.9. The van der Waals surface area contributed by atoms with Crippen LogP contribution in [-0.2, 0) is 0 Å². The van der Waals surface area contributed by atoms with Gasteiger partial charge in [-0.25, -0.2) is 0 Å². The van der Waals surface area contributed by atoms with Crippen LogP contribution >= 0.6 is 0 Å². The Hall–Kier alpha value is -2.35. The number of allylic oxidation sites excluding steroid dienone is 2. The molecule has 5 heteroatoms. The lowest BCUT2D eigenvalue weighted by Gasteiger charge is -2.57. The normalized spacial score (nSPS) is 16.5. The van der Waals surface area contributed by atoms with Gasteiger partial charge in [-0.3, -0.25) is 0 Å². The first-order valence-electron chi connectivity index (χ1n) is 18.7. The minimum Gasteiger partial charge on any atom is -0.392 e. The summed E-state index contributed by atoms with van der Waals surface area (Å²) < 4.78 is 0. The second-order valence-corrected chi connectivity index (χ2v) is 19.2. The van der Waals surface area contributed by atoms with Gasteiger partial charge in [0.25, 0.3) is 0 Å². The van der Waals surface area contributed by atoms with Crippen molar-refractivity contribution in [2.45, 2.75) is 149 Å². The Labute approximate surface area is 300 Å². The minimum absolute atomic E-state index is 0.0784. The Morgan fingerprint density at radius 2 is 1.17 bits per heavy atom. The van der Waals surface area contributed by atoms with E-state index in [0.29, 0.717) is 5.92 Å². The molecule has 0 saturated carbocycles. The molecule has 0 aliphatic heterocycles. The molecular weight excluding hydrogens is 587 g/mol. The van der Waals surface area contributed by atoms with Crippen LogP contribution < -0.4 is 21.3 Å². The second-order valence-electron chi connectivity index (χ2n) is 19.2. The lowest BCUT2D eigenvalue weighted by atomic mass is 9.47. The van der Waals surface area contributed by atoms with E-state index in [4.69, 9.17) is 6.58 Å². The van der Waals surface area contributed by atoms with Gasteiger partial charge in [-0.2, -0.15) is 5.26 Å². The largest absolute Gasteiger partial charge is 0.392 e. The maximum absolute atomic E-state index is 10.7. The third kappa shape index (κ3) is 12.2. The molecule has 0 aliphatic carbocycles. The van der Waals surface area contributed by atoms with Crippen LogP contribution in [0, 0.1) is 55.2 Å². The van der Waals surface area contributed by atoms with Crippen molar-refractivity contribution in [1.82, 2.24) is 21.3 Å². The van der Waals surface area contributed by atoms with Gasteiger partial charge in [0.2, 0.25) is 0 Å². The fraction of sp³-hybridized carbons (Fsp3) is 0.791. The van der Waals surface area contributed by atoms with Crippen molar-refractivity contribution in [3.8, 4) is 6.07 Å². The van der Waals surface area contributed by atoms with E-state index in [2.05, 4.69) is 151 Å². The first-order valence-corrected chi connectivity index (χ1v) is 18.7. The lowest BCUT2D eigenvalue weighted by Crippen LogP contribution is -2.52. The average molecular weight is 668 g/mol. The zero-order valence-electron chi connectivity index (χ0n) is 34.9. The van der Waals surface area contributed by atoms with Crippen LogP contribution in [0.15, 0.2) is 49.1 Å². The highest BCUT2D eigenvalue weighted by molar-refractivity contribution is 5.22. The maximum Gasteiger partial charge on any atom is 0.0692 e. The molecule has 0 amide bonds. The third-order valence-corrected chi connectivity index (χ3v) is 11.9. The highest BCUT2D eigenvalue weighted by Gasteiger charge is 2.57. The molecule has 0 saturated heterocycles. The predicted octanol–water partition coefficient (Wildman–Crippen LogP) is 11.1. The van der Waals surface area contributed by atoms with E-state index < -0.39 is 5.41 Å². The average Bonchev–Trinajstić information content (AvgIpc) is 2.93. The molecule has 0 bridgehead atoms. The van der Waals surface area contributed by atoms with Crippen LogP contribution in [0.5, 0.6) is 0 Å². The fourth-order valence-corrected chi connectivity index (χ4v) is 8.23. The smallest absolute Gasteiger partial charge is 0.0692 e. The second kappa shape index (κ2) is 17.5. The van der Waals surface area contributed by atoms with Crippen LogP contribution in [0.4, 0.5) is 0 Å². The summed E-state index contributed by atoms with van der Waals surface area (Å²) in [6.45, 7) is 55.1. The van der Waals surface area contributed by atoms with Crippen LogP contribution in [0.3, 0.4) is 0 Å². The first kappa shape index (κ1) is 45.6. The van der Waals surface area contributed by atoms with Gasteiger partial charge in [0.05, 0.1) is 11.5 Å². The molecule has 3 atom stereocenters. The van der Waals surface area contributed by atoms with Crippen molar-refractivity contribution in [3.63, 3.8) is 0 Å². The van der Waals surface area contributed by atoms with Crippen molar-refractivity contribution < 1.29 is 0 Å². The molecule has 4 N–H and O–H groups in total. The van der Waals surface area contributed by atoms with Crippen molar-refractivity contribution in [2.24, 2.45) is 43.8 Å². The van der Waals surface area contributed by atoms with E-state index in [-0.39, 0.29) is 32.5 Å². The monoisotopic (exact) mass is 668 g/mol. The molecule has 0 heterocycles. The molecule has 0 aromatic rings. The molecule has 0 rings (SSSR count). The predicted molar refractivity (Wildman–Crippen MR) is 213 cm³/mol. The van der Waals surface area contributed by atoms with E-state index in [1.54, 1.807) is 0 Å². The van der Waals surface area contributed by atoms with Crippen molar-refractivity contribution in [1.29, 1.82) is 5.26 Å². The highest BCUT2D eigenvalue weighted by Crippen LogP contribution is 2.62. The van der Waals surface area contributed by atoms with E-state index in [1.807, 2.05) is 7.05 Å². The Morgan fingerprint density at radius 1 is 0.688 bits per heavy atom. The van der Waals surface area contributed by atoms with E-state index in [0.717, 1.165) is 87.4 Å². The Bertz CT molecular complexity index is 1130. The molecule has 0 fully saturated rings. The van der Waals surface area contributed by atoms with Gasteiger partial charge in [0, 0.05) is 73.1 Å². The Kier molecular flexibility index (Phi) is 16.7. The zero-order chi connectivity index (χ0) is 38.0. The molecule has 0 spiro atoms. The summed E-state index contributed by atoms with van der Waals surface area (Å²) in [5.41, 5.74) is 2.70. The SMILES string of the molecule is C=C(CCNC(=C)C(C)(CC(C)(C)C)C(C)(C)CC(C)(C)CC(C)(C(=C)NCCC(=C)NCC(C)C)C(C)(C)C(C)(C#N)CCC)NC. The number of nitrogens with one attached hydrogen (secondary N) is 4. The number of rotatable bonds is 24. The zero-order valence-corrected chi connectivity index (χ0v) is 34.9. The van der Waals surface area contributed by atoms with Crippen LogP contribution in [0.1, 0.15) is 149 Å². The molecule has 5 nitrogen and oxygen atoms in total. The highest BCUT2D eigenvalue weighted by atomic mass is 14.9. The quantitative estimate of drug-likeness (QED) is 0.0824. The molecule has 0 aliphatic rings. The maximum atomic E-state index is 10.7. The fourth-order valence-electron chi connectivity index (χ4n) is 8.23. The molecule has 48 heavy (non-hydrogen) atoms. The lowest BCUT2D eigenvalue weighted by molar-refractivity contribution is -0.0412. The Morgan fingerprint density at radius 3 is 1.58 bits per heavy atom. The van der Waals surface area contributed by atoms with Gasteiger partial charge < -0.3 is 21.3 Å². The van der Waals surface area contributed by atoms with Gasteiger partial charge in [-0.05, 0) is 60.2 Å². The summed E-state index contributed by atoms with van der Waals surface area (Å²) in [6, 6.07) is 2.79. The standard InChI is InChI=1S/C43H81N5/c1-21-24-41(17,31-44)40(15,16)43(19,36(7)47-26-23-34(5)48-27-32(2)3)30-38(11,12)29-39(13,14)42(18,28-37(8,9)10)35(6)46-25-22-33(4)45-20/h32,45-48H,4-7,21-30H2,1-3,8-20H3. The minimum atomic E-state index is -0.522. The van der Waals surface area contributed by atoms with Gasteiger partial charge in [-0.15, -0.1) is 0 Å². The summed E-state index contributed by atoms with van der Waals surface area (Å²) in [6.07, 6.45) is 6.37. The van der Waals surface area contributed by atoms with Crippen molar-refractivity contribution in [3.05, 3.63) is 49.1 Å². The molecule has 0 radical (unpaired) electrons. The molecule has 278 valence electrons. The van der Waals surface area contributed by atoms with Crippen LogP contribution in [0.25, 0.3) is 0 Å². The van der Waals surface area contributed by atoms with Crippen LogP contribution in [-0.4, -0.2) is 26.7 Å². The van der Waals surface area contributed by atoms with E-state index >= 15 is 0 Å². The topological polar surface area (TPSA) is 71.9 Å². The number of hydrogen-bond acceptors (Lipinski definition) is 5. The molecule has 0 aromatic heterocycles. The van der Waals surface area contributed by atoms with Crippen LogP contribution in [0.2, 0.25) is 0 Å². The number of hydrogen-bond donors (Lipinski definition) is 4. The number of nitrogens with zero attached hydrogens (tertiary/aromatic N) is 1. The van der Waals surface area contributed by atoms with Gasteiger partial charge in [-0.1, -0.05) is 130 Å². The first-order chi connectivity index (χ1) is 21.6. The number of nitriles is 1. The molecule has 0 aromatic carbocycles. The summed E-state index contributed by atoms with van der Waals surface area (Å²) in [4.78, 5) is 0. The summed E-state index contributed by atoms with van der Waals surface area (Å²) in [5, 5.41) is 24.8. The summed E-state index contributed by atoms with van der Waals surface area (Å²) in [7, 11) is 1.93. The van der Waals surface area contributed by atoms with E-state index in [9.17, 15) is 5.26 Å². The summed E-state index contributed by atoms with van der Waals surface area (Å²) >= 11 is 0. The van der Waals surface area contributed by atoms with Gasteiger partial charge in [0.15, 0.2) is 0 Å².